The number of nitrogens with one attached hydrogen (secondary N) is 1. The molecule has 0 aromatic heterocycles. The van der Waals surface area contributed by atoms with E-state index in [0.717, 1.165) is 18.7 Å². The number of rotatable bonds is 7. The first-order valence-electron chi connectivity index (χ1n) is 9.09. The fourth-order valence-corrected chi connectivity index (χ4v) is 2.73. The fourth-order valence-electron chi connectivity index (χ4n) is 2.73. The Kier molecular flexibility index (Phi) is 6.80. The topological polar surface area (TPSA) is 55.4 Å². The maximum absolute atomic E-state index is 12.3. The van der Waals surface area contributed by atoms with Gasteiger partial charge in [0.25, 0.3) is 0 Å². The zero-order chi connectivity index (χ0) is 18.3. The summed E-state index contributed by atoms with van der Waals surface area (Å²) in [7, 11) is 0. The third-order valence-corrected chi connectivity index (χ3v) is 4.46. The molecule has 0 bridgehead atoms. The number of anilines is 1. The van der Waals surface area contributed by atoms with Crippen molar-refractivity contribution in [2.75, 3.05) is 18.5 Å². The van der Waals surface area contributed by atoms with Gasteiger partial charge in [-0.25, -0.2) is 4.79 Å². The van der Waals surface area contributed by atoms with Gasteiger partial charge in [0.05, 0.1) is 5.56 Å². The lowest BCUT2D eigenvalue weighted by atomic mass is 9.91. The normalized spacial score (nSPS) is 14.6. The molecule has 1 aliphatic carbocycles. The van der Waals surface area contributed by atoms with Gasteiger partial charge in [-0.2, -0.15) is 0 Å². The summed E-state index contributed by atoms with van der Waals surface area (Å²) < 4.78 is 5.21. The Hall–Kier alpha value is -2.10. The Morgan fingerprint density at radius 1 is 1.16 bits per heavy atom. The molecule has 4 nitrogen and oxygen atoms in total. The van der Waals surface area contributed by atoms with Crippen molar-refractivity contribution in [1.29, 1.82) is 0 Å². The second kappa shape index (κ2) is 8.84. The van der Waals surface area contributed by atoms with E-state index >= 15 is 0 Å². The van der Waals surface area contributed by atoms with Crippen LogP contribution >= 0.6 is 0 Å². The second-order valence-electron chi connectivity index (χ2n) is 7.58. The van der Waals surface area contributed by atoms with Gasteiger partial charge in [-0.1, -0.05) is 44.6 Å². The lowest BCUT2D eigenvalue weighted by Crippen LogP contribution is -2.26. The van der Waals surface area contributed by atoms with Crippen molar-refractivity contribution in [2.24, 2.45) is 5.41 Å². The van der Waals surface area contributed by atoms with Gasteiger partial charge in [-0.15, -0.1) is 0 Å². The Labute approximate surface area is 150 Å². The maximum Gasteiger partial charge on any atom is 0.340 e. The number of para-hydroxylation sites is 1. The average molecular weight is 343 g/mol. The Balaban J connectivity index is 1.91. The number of hydrogen-bond acceptors (Lipinski definition) is 4. The van der Waals surface area contributed by atoms with Crippen molar-refractivity contribution in [3.8, 4) is 0 Å². The summed E-state index contributed by atoms with van der Waals surface area (Å²) in [5, 5.41) is 3.33. The van der Waals surface area contributed by atoms with E-state index in [0.29, 0.717) is 5.56 Å². The lowest BCUT2D eigenvalue weighted by Gasteiger charge is -2.17. The van der Waals surface area contributed by atoms with Crippen LogP contribution in [0.25, 0.3) is 0 Å². The van der Waals surface area contributed by atoms with Gasteiger partial charge in [0, 0.05) is 17.6 Å². The molecule has 136 valence electrons. The molecule has 2 rings (SSSR count). The third-order valence-electron chi connectivity index (χ3n) is 4.46. The minimum atomic E-state index is -0.508. The summed E-state index contributed by atoms with van der Waals surface area (Å²) in [6, 6.07) is 7.29. The molecule has 0 saturated heterocycles. The van der Waals surface area contributed by atoms with Crippen LogP contribution in [0.1, 0.15) is 63.2 Å². The highest BCUT2D eigenvalue weighted by Crippen LogP contribution is 2.22. The average Bonchev–Trinajstić information content (AvgIpc) is 2.60. The molecule has 0 saturated carbocycles. The van der Waals surface area contributed by atoms with Crippen molar-refractivity contribution >= 4 is 17.4 Å². The number of hydrogen-bond donors (Lipinski definition) is 1. The summed E-state index contributed by atoms with van der Waals surface area (Å²) >= 11 is 0. The minimum absolute atomic E-state index is 0.0875. The van der Waals surface area contributed by atoms with E-state index in [9.17, 15) is 9.59 Å². The lowest BCUT2D eigenvalue weighted by molar-refractivity contribution is -0.129. The van der Waals surface area contributed by atoms with Gasteiger partial charge >= 0.3 is 5.97 Å². The predicted molar refractivity (Wildman–Crippen MR) is 101 cm³/mol. The molecule has 0 heterocycles. The molecule has 0 fully saturated rings. The Morgan fingerprint density at radius 3 is 2.60 bits per heavy atom. The van der Waals surface area contributed by atoms with Crippen LogP contribution in [0.4, 0.5) is 5.69 Å². The zero-order valence-corrected chi connectivity index (χ0v) is 15.6. The van der Waals surface area contributed by atoms with Crippen molar-refractivity contribution in [1.82, 2.24) is 0 Å². The van der Waals surface area contributed by atoms with Gasteiger partial charge in [0.15, 0.2) is 12.4 Å². The Morgan fingerprint density at radius 2 is 1.92 bits per heavy atom. The van der Waals surface area contributed by atoms with Crippen LogP contribution in [0.2, 0.25) is 0 Å². The molecular formula is C21H29NO3. The number of ether oxygens (including phenoxy) is 1. The van der Waals surface area contributed by atoms with Crippen molar-refractivity contribution in [3.05, 3.63) is 41.5 Å². The van der Waals surface area contributed by atoms with Gasteiger partial charge < -0.3 is 10.1 Å². The van der Waals surface area contributed by atoms with Crippen LogP contribution in [0.3, 0.4) is 0 Å². The summed E-state index contributed by atoms with van der Waals surface area (Å²) in [6.07, 6.45) is 8.26. The number of carbonyl (C=O) groups excluding carboxylic acids is 2. The van der Waals surface area contributed by atoms with Crippen molar-refractivity contribution in [2.45, 2.75) is 52.9 Å². The van der Waals surface area contributed by atoms with Crippen LogP contribution in [-0.2, 0) is 9.53 Å². The van der Waals surface area contributed by atoms with Crippen LogP contribution in [0, 0.1) is 5.41 Å². The van der Waals surface area contributed by atoms with Crippen LogP contribution < -0.4 is 5.32 Å². The summed E-state index contributed by atoms with van der Waals surface area (Å²) in [5.74, 6) is -0.548. The predicted octanol–water partition coefficient (Wildman–Crippen LogP) is 4.76. The highest BCUT2D eigenvalue weighted by molar-refractivity contribution is 5.97. The number of ketones is 1. The number of esters is 1. The number of allylic oxidation sites excluding steroid dienone is 1. The van der Waals surface area contributed by atoms with Gasteiger partial charge in [0.2, 0.25) is 0 Å². The van der Waals surface area contributed by atoms with Crippen LogP contribution in [-0.4, -0.2) is 24.9 Å². The molecule has 0 atom stereocenters. The number of Topliss-reactive ketones (excluding diaryl/α,β-unsaturated/α-hetero) is 1. The molecule has 25 heavy (non-hydrogen) atoms. The highest BCUT2D eigenvalue weighted by Gasteiger charge is 2.23. The van der Waals surface area contributed by atoms with Gasteiger partial charge in [0.1, 0.15) is 0 Å². The largest absolute Gasteiger partial charge is 0.454 e. The molecule has 1 aromatic rings. The quantitative estimate of drug-likeness (QED) is 0.573. The first-order valence-corrected chi connectivity index (χ1v) is 9.09. The molecule has 0 unspecified atom stereocenters. The first kappa shape index (κ1) is 19.2. The Bertz CT molecular complexity index is 641. The van der Waals surface area contributed by atoms with Gasteiger partial charge in [-0.3, -0.25) is 4.79 Å². The number of carbonyl (C=O) groups is 2. The third kappa shape index (κ3) is 6.04. The summed E-state index contributed by atoms with van der Waals surface area (Å²) in [6.45, 7) is 6.05. The molecule has 0 radical (unpaired) electrons. The van der Waals surface area contributed by atoms with Crippen molar-refractivity contribution in [3.63, 3.8) is 0 Å². The standard InChI is InChI=1S/C21H29NO3/c1-21(2,3)19(23)15-25-20(24)17-11-7-8-12-18(17)22-14-13-16-9-5-4-6-10-16/h7-9,11-12,22H,4-6,10,13-15H2,1-3H3. The van der Waals surface area contributed by atoms with Crippen LogP contribution in [0.5, 0.6) is 0 Å². The molecule has 0 spiro atoms. The summed E-state index contributed by atoms with van der Waals surface area (Å²) in [5.41, 5.74) is 2.22. The second-order valence-corrected chi connectivity index (χ2v) is 7.58. The smallest absolute Gasteiger partial charge is 0.340 e. The highest BCUT2D eigenvalue weighted by atomic mass is 16.5. The SMILES string of the molecule is CC(C)(C)C(=O)COC(=O)c1ccccc1NCCC1=CCCCC1. The van der Waals surface area contributed by atoms with E-state index in [2.05, 4.69) is 11.4 Å². The monoisotopic (exact) mass is 343 g/mol. The van der Waals surface area contributed by atoms with Crippen molar-refractivity contribution < 1.29 is 14.3 Å². The van der Waals surface area contributed by atoms with E-state index < -0.39 is 11.4 Å². The molecule has 1 aromatic carbocycles. The minimum Gasteiger partial charge on any atom is -0.454 e. The first-order chi connectivity index (χ1) is 11.9. The van der Waals surface area contributed by atoms with E-state index in [1.54, 1.807) is 12.1 Å². The van der Waals surface area contributed by atoms with E-state index in [1.807, 2.05) is 32.9 Å². The molecule has 0 amide bonds. The molecular weight excluding hydrogens is 314 g/mol. The van der Waals surface area contributed by atoms with E-state index in [4.69, 9.17) is 4.74 Å². The molecule has 4 heteroatoms. The summed E-state index contributed by atoms with van der Waals surface area (Å²) in [4.78, 5) is 24.3. The molecule has 1 aliphatic rings. The van der Waals surface area contributed by atoms with E-state index in [-0.39, 0.29) is 12.4 Å². The zero-order valence-electron chi connectivity index (χ0n) is 15.6. The van der Waals surface area contributed by atoms with E-state index in [1.165, 1.54) is 31.3 Å². The molecule has 1 N–H and O–H groups in total. The maximum atomic E-state index is 12.3. The number of benzene rings is 1. The van der Waals surface area contributed by atoms with Crippen LogP contribution in [0.15, 0.2) is 35.9 Å². The van der Waals surface area contributed by atoms with Gasteiger partial charge in [-0.05, 0) is 44.2 Å². The fraction of sp³-hybridized carbons (Fsp3) is 0.524. The molecule has 0 aliphatic heterocycles.